The number of hydrogen-bond donors (Lipinski definition) is 0. The zero-order chi connectivity index (χ0) is 12.3. The van der Waals surface area contributed by atoms with Crippen molar-refractivity contribution in [2.75, 3.05) is 6.79 Å². The molecule has 17 heavy (non-hydrogen) atoms. The van der Waals surface area contributed by atoms with Crippen LogP contribution in [0.15, 0.2) is 30.9 Å². The van der Waals surface area contributed by atoms with E-state index < -0.39 is 0 Å². The Morgan fingerprint density at radius 1 is 1.53 bits per heavy atom. The first-order valence-corrected chi connectivity index (χ1v) is 5.38. The number of ether oxygens (including phenoxy) is 3. The Morgan fingerprint density at radius 2 is 2.29 bits per heavy atom. The molecule has 1 aromatic rings. The number of esters is 1. The van der Waals surface area contributed by atoms with Gasteiger partial charge in [0.15, 0.2) is 11.5 Å². The standard InChI is InChI=1S/C13H14O4/c1-3-4-11(17-9(2)14)10-5-6-12-13(7-10)16-8-15-12/h3,5-7,11H,1,4,8H2,2H3. The molecule has 0 amide bonds. The average Bonchev–Trinajstić information content (AvgIpc) is 2.74. The van der Waals surface area contributed by atoms with Crippen LogP contribution < -0.4 is 9.47 Å². The van der Waals surface area contributed by atoms with Crippen LogP contribution in [0.3, 0.4) is 0 Å². The smallest absolute Gasteiger partial charge is 0.303 e. The zero-order valence-electron chi connectivity index (χ0n) is 9.64. The summed E-state index contributed by atoms with van der Waals surface area (Å²) < 4.78 is 15.7. The van der Waals surface area contributed by atoms with E-state index in [2.05, 4.69) is 6.58 Å². The molecule has 0 radical (unpaired) electrons. The van der Waals surface area contributed by atoms with Crippen LogP contribution in [-0.2, 0) is 9.53 Å². The van der Waals surface area contributed by atoms with Crippen molar-refractivity contribution >= 4 is 5.97 Å². The molecule has 1 heterocycles. The lowest BCUT2D eigenvalue weighted by molar-refractivity contribution is -0.146. The van der Waals surface area contributed by atoms with Gasteiger partial charge in [-0.2, -0.15) is 0 Å². The van der Waals surface area contributed by atoms with Crippen molar-refractivity contribution in [1.82, 2.24) is 0 Å². The molecule has 90 valence electrons. The van der Waals surface area contributed by atoms with Crippen LogP contribution in [0.4, 0.5) is 0 Å². The fourth-order valence-corrected chi connectivity index (χ4v) is 1.72. The summed E-state index contributed by atoms with van der Waals surface area (Å²) in [6, 6.07) is 5.52. The van der Waals surface area contributed by atoms with Crippen LogP contribution in [0.1, 0.15) is 25.0 Å². The van der Waals surface area contributed by atoms with Crippen LogP contribution in [0.5, 0.6) is 11.5 Å². The highest BCUT2D eigenvalue weighted by molar-refractivity contribution is 5.66. The van der Waals surface area contributed by atoms with E-state index in [1.54, 1.807) is 6.08 Å². The highest BCUT2D eigenvalue weighted by Gasteiger charge is 2.18. The van der Waals surface area contributed by atoms with Gasteiger partial charge in [0.1, 0.15) is 6.10 Å². The SMILES string of the molecule is C=CCC(OC(C)=O)c1ccc2c(c1)OCO2. The number of fused-ring (bicyclic) bond motifs is 1. The van der Waals surface area contributed by atoms with Gasteiger partial charge in [0.2, 0.25) is 6.79 Å². The molecule has 2 rings (SSSR count). The molecule has 0 fully saturated rings. The van der Waals surface area contributed by atoms with Crippen molar-refractivity contribution in [2.45, 2.75) is 19.4 Å². The van der Waals surface area contributed by atoms with Gasteiger partial charge in [-0.1, -0.05) is 12.1 Å². The molecule has 1 aliphatic rings. The lowest BCUT2D eigenvalue weighted by Gasteiger charge is -2.15. The van der Waals surface area contributed by atoms with Crippen molar-refractivity contribution in [3.63, 3.8) is 0 Å². The van der Waals surface area contributed by atoms with Gasteiger partial charge in [-0.25, -0.2) is 0 Å². The fraction of sp³-hybridized carbons (Fsp3) is 0.308. The van der Waals surface area contributed by atoms with Gasteiger partial charge in [-0.05, 0) is 17.7 Å². The lowest BCUT2D eigenvalue weighted by atomic mass is 10.1. The quantitative estimate of drug-likeness (QED) is 0.593. The van der Waals surface area contributed by atoms with Crippen LogP contribution in [0.2, 0.25) is 0 Å². The van der Waals surface area contributed by atoms with Crippen molar-refractivity contribution in [3.05, 3.63) is 36.4 Å². The second-order valence-electron chi connectivity index (χ2n) is 3.74. The van der Waals surface area contributed by atoms with E-state index in [0.717, 1.165) is 5.56 Å². The Balaban J connectivity index is 2.23. The largest absolute Gasteiger partial charge is 0.457 e. The summed E-state index contributed by atoms with van der Waals surface area (Å²) >= 11 is 0. The number of carbonyl (C=O) groups is 1. The highest BCUT2D eigenvalue weighted by Crippen LogP contribution is 2.35. The van der Waals surface area contributed by atoms with Crippen LogP contribution in [-0.4, -0.2) is 12.8 Å². The third kappa shape index (κ3) is 2.58. The Morgan fingerprint density at radius 3 is 3.00 bits per heavy atom. The Hall–Kier alpha value is -1.97. The number of hydrogen-bond acceptors (Lipinski definition) is 4. The van der Waals surface area contributed by atoms with E-state index in [4.69, 9.17) is 14.2 Å². The molecule has 4 heteroatoms. The van der Waals surface area contributed by atoms with E-state index >= 15 is 0 Å². The van der Waals surface area contributed by atoms with E-state index in [-0.39, 0.29) is 18.9 Å². The topological polar surface area (TPSA) is 44.8 Å². The number of carbonyl (C=O) groups excluding carboxylic acids is 1. The molecule has 1 aromatic carbocycles. The average molecular weight is 234 g/mol. The molecule has 1 atom stereocenters. The van der Waals surface area contributed by atoms with Gasteiger partial charge in [0.25, 0.3) is 0 Å². The maximum atomic E-state index is 11.0. The molecular formula is C13H14O4. The maximum Gasteiger partial charge on any atom is 0.303 e. The second-order valence-corrected chi connectivity index (χ2v) is 3.74. The molecule has 0 aliphatic carbocycles. The van der Waals surface area contributed by atoms with Gasteiger partial charge >= 0.3 is 5.97 Å². The Bertz CT molecular complexity index is 439. The molecular weight excluding hydrogens is 220 g/mol. The van der Waals surface area contributed by atoms with Gasteiger partial charge in [-0.15, -0.1) is 6.58 Å². The summed E-state index contributed by atoms with van der Waals surface area (Å²) in [5.41, 5.74) is 0.879. The molecule has 0 bridgehead atoms. The van der Waals surface area contributed by atoms with Gasteiger partial charge < -0.3 is 14.2 Å². The Labute approximate surface area is 99.8 Å². The maximum absolute atomic E-state index is 11.0. The predicted molar refractivity (Wildman–Crippen MR) is 61.9 cm³/mol. The molecule has 0 saturated heterocycles. The summed E-state index contributed by atoms with van der Waals surface area (Å²) in [5.74, 6) is 1.09. The third-order valence-corrected chi connectivity index (χ3v) is 2.46. The molecule has 0 aromatic heterocycles. The molecule has 0 N–H and O–H groups in total. The monoisotopic (exact) mass is 234 g/mol. The van der Waals surface area contributed by atoms with Crippen molar-refractivity contribution in [1.29, 1.82) is 0 Å². The lowest BCUT2D eigenvalue weighted by Crippen LogP contribution is -2.07. The van der Waals surface area contributed by atoms with Crippen LogP contribution in [0, 0.1) is 0 Å². The minimum atomic E-state index is -0.320. The zero-order valence-corrected chi connectivity index (χ0v) is 9.64. The second kappa shape index (κ2) is 4.91. The minimum absolute atomic E-state index is 0.235. The van der Waals surface area contributed by atoms with E-state index in [1.165, 1.54) is 6.92 Å². The van der Waals surface area contributed by atoms with Crippen molar-refractivity contribution < 1.29 is 19.0 Å². The van der Waals surface area contributed by atoms with E-state index in [9.17, 15) is 4.79 Å². The highest BCUT2D eigenvalue weighted by atomic mass is 16.7. The third-order valence-electron chi connectivity index (χ3n) is 2.46. The molecule has 1 unspecified atom stereocenters. The molecule has 0 spiro atoms. The summed E-state index contributed by atoms with van der Waals surface area (Å²) in [4.78, 5) is 11.0. The van der Waals surface area contributed by atoms with E-state index in [0.29, 0.717) is 17.9 Å². The molecule has 0 saturated carbocycles. The summed E-state index contributed by atoms with van der Waals surface area (Å²) in [7, 11) is 0. The summed E-state index contributed by atoms with van der Waals surface area (Å²) in [6.07, 6.45) is 1.97. The van der Waals surface area contributed by atoms with Gasteiger partial charge in [0, 0.05) is 13.3 Å². The summed E-state index contributed by atoms with van der Waals surface area (Å²) in [6.45, 7) is 5.29. The normalized spacial score (nSPS) is 14.2. The van der Waals surface area contributed by atoms with Gasteiger partial charge in [0.05, 0.1) is 0 Å². The molecule has 1 aliphatic heterocycles. The van der Waals surface area contributed by atoms with Crippen LogP contribution >= 0.6 is 0 Å². The van der Waals surface area contributed by atoms with Gasteiger partial charge in [-0.3, -0.25) is 4.79 Å². The number of benzene rings is 1. The van der Waals surface area contributed by atoms with Crippen molar-refractivity contribution in [2.24, 2.45) is 0 Å². The van der Waals surface area contributed by atoms with Crippen LogP contribution in [0.25, 0.3) is 0 Å². The minimum Gasteiger partial charge on any atom is -0.457 e. The fourth-order valence-electron chi connectivity index (χ4n) is 1.72. The number of rotatable bonds is 4. The predicted octanol–water partition coefficient (Wildman–Crippen LogP) is 2.60. The molecule has 4 nitrogen and oxygen atoms in total. The summed E-state index contributed by atoms with van der Waals surface area (Å²) in [5, 5.41) is 0. The first-order chi connectivity index (χ1) is 8.20. The first-order valence-electron chi connectivity index (χ1n) is 5.38. The van der Waals surface area contributed by atoms with Crippen molar-refractivity contribution in [3.8, 4) is 11.5 Å². The van der Waals surface area contributed by atoms with E-state index in [1.807, 2.05) is 18.2 Å². The first kappa shape index (κ1) is 11.5. The Kier molecular flexibility index (Phi) is 3.32.